The molecule has 104 valence electrons. The summed E-state index contributed by atoms with van der Waals surface area (Å²) in [5.41, 5.74) is 9.64. The number of hydrogen-bond donors (Lipinski definition) is 8. The van der Waals surface area contributed by atoms with E-state index in [9.17, 15) is 0 Å². The van der Waals surface area contributed by atoms with Crippen molar-refractivity contribution < 1.29 is 17.5 Å². The lowest BCUT2D eigenvalue weighted by molar-refractivity contribution is 0.381. The fourth-order valence-electron chi connectivity index (χ4n) is 0. The van der Waals surface area contributed by atoms with E-state index in [0.29, 0.717) is 0 Å². The maximum absolute atomic E-state index is 8.74. The zero-order chi connectivity index (χ0) is 14.8. The Labute approximate surface area is 98.7 Å². The summed E-state index contributed by atoms with van der Waals surface area (Å²) in [4.78, 5) is 0. The van der Waals surface area contributed by atoms with E-state index in [1.54, 1.807) is 0 Å². The first-order valence-electron chi connectivity index (χ1n) is 3.63. The number of guanidine groups is 2. The van der Waals surface area contributed by atoms with E-state index in [-0.39, 0.29) is 11.9 Å². The Kier molecular flexibility index (Phi) is 11.6. The van der Waals surface area contributed by atoms with Crippen LogP contribution in [0.2, 0.25) is 0 Å². The van der Waals surface area contributed by atoms with Crippen LogP contribution in [0.4, 0.5) is 0 Å². The minimum absolute atomic E-state index is 0.130. The van der Waals surface area contributed by atoms with Gasteiger partial charge in [0, 0.05) is 14.1 Å². The van der Waals surface area contributed by atoms with Gasteiger partial charge >= 0.3 is 10.4 Å². The summed E-state index contributed by atoms with van der Waals surface area (Å²) in [5.74, 6) is 9.58. The van der Waals surface area contributed by atoms with Crippen molar-refractivity contribution in [1.29, 1.82) is 10.8 Å². The van der Waals surface area contributed by atoms with Crippen LogP contribution in [0.25, 0.3) is 0 Å². The van der Waals surface area contributed by atoms with Crippen LogP contribution >= 0.6 is 0 Å². The number of nitrogens with zero attached hydrogens (tertiary/aromatic N) is 2. The third-order valence-electron chi connectivity index (χ3n) is 0.760. The van der Waals surface area contributed by atoms with Crippen molar-refractivity contribution >= 4 is 22.3 Å². The van der Waals surface area contributed by atoms with Gasteiger partial charge in [0.15, 0.2) is 0 Å². The van der Waals surface area contributed by atoms with Gasteiger partial charge in [0.25, 0.3) is 0 Å². The first kappa shape index (κ1) is 20.7. The second kappa shape index (κ2) is 9.55. The van der Waals surface area contributed by atoms with Crippen LogP contribution in [-0.2, 0) is 10.4 Å². The van der Waals surface area contributed by atoms with Crippen LogP contribution < -0.4 is 23.2 Å². The predicted molar refractivity (Wildman–Crippen MR) is 61.9 cm³/mol. The summed E-state index contributed by atoms with van der Waals surface area (Å²) in [6.07, 6.45) is 0. The van der Waals surface area contributed by atoms with Crippen molar-refractivity contribution in [3.63, 3.8) is 0 Å². The second-order valence-corrected chi connectivity index (χ2v) is 3.34. The lowest BCUT2D eigenvalue weighted by Gasteiger charge is -2.05. The molecule has 0 aliphatic carbocycles. The van der Waals surface area contributed by atoms with Crippen molar-refractivity contribution in [1.82, 2.24) is 10.0 Å². The molecule has 0 aliphatic rings. The van der Waals surface area contributed by atoms with E-state index < -0.39 is 10.4 Å². The van der Waals surface area contributed by atoms with Crippen LogP contribution in [0.5, 0.6) is 0 Å². The first-order chi connectivity index (χ1) is 7.29. The SMILES string of the molecule is CN(N)C(=N)N.CN(N)C(=N)N.O=S(=O)(O)O. The lowest BCUT2D eigenvalue weighted by atomic mass is 11.0. The Hall–Kier alpha value is -1.67. The van der Waals surface area contributed by atoms with Gasteiger partial charge in [0.1, 0.15) is 0 Å². The molecular formula is C4H18N8O4S. The maximum Gasteiger partial charge on any atom is 0.394 e. The molecule has 0 fully saturated rings. The van der Waals surface area contributed by atoms with E-state index in [1.165, 1.54) is 14.1 Å². The number of hydrogen-bond acceptors (Lipinski definition) is 6. The smallest absolute Gasteiger partial charge is 0.369 e. The summed E-state index contributed by atoms with van der Waals surface area (Å²) in [7, 11) is -1.66. The highest BCUT2D eigenvalue weighted by molar-refractivity contribution is 7.79. The molecule has 0 amide bonds. The summed E-state index contributed by atoms with van der Waals surface area (Å²) in [6, 6.07) is 0. The molecule has 12 nitrogen and oxygen atoms in total. The monoisotopic (exact) mass is 274 g/mol. The number of rotatable bonds is 0. The molecule has 17 heavy (non-hydrogen) atoms. The molecule has 0 spiro atoms. The predicted octanol–water partition coefficient (Wildman–Crippen LogP) is -3.28. The average molecular weight is 274 g/mol. The molecule has 0 saturated carbocycles. The van der Waals surface area contributed by atoms with Crippen molar-refractivity contribution in [3.05, 3.63) is 0 Å². The highest BCUT2D eigenvalue weighted by Gasteiger charge is 1.85. The van der Waals surface area contributed by atoms with Gasteiger partial charge in [-0.15, -0.1) is 0 Å². The Bertz CT molecular complexity index is 298. The highest BCUT2D eigenvalue weighted by atomic mass is 32.3. The lowest BCUT2D eigenvalue weighted by Crippen LogP contribution is -2.38. The topological polar surface area (TPSA) is 233 Å². The van der Waals surface area contributed by atoms with Gasteiger partial charge in [-0.1, -0.05) is 0 Å². The van der Waals surface area contributed by atoms with Crippen LogP contribution in [0.15, 0.2) is 0 Å². The van der Waals surface area contributed by atoms with E-state index in [2.05, 4.69) is 0 Å². The van der Waals surface area contributed by atoms with E-state index in [1.807, 2.05) is 0 Å². The quantitative estimate of drug-likeness (QED) is 0.0720. The number of nitrogens with two attached hydrogens (primary N) is 4. The molecule has 0 heterocycles. The van der Waals surface area contributed by atoms with Crippen LogP contribution in [0.3, 0.4) is 0 Å². The maximum atomic E-state index is 8.74. The Morgan fingerprint density at radius 1 is 1.00 bits per heavy atom. The molecule has 0 rings (SSSR count). The van der Waals surface area contributed by atoms with Gasteiger partial charge in [-0.25, -0.2) is 11.7 Å². The molecule has 0 atom stereocenters. The zero-order valence-electron chi connectivity index (χ0n) is 9.32. The third-order valence-corrected chi connectivity index (χ3v) is 0.760. The van der Waals surface area contributed by atoms with E-state index in [0.717, 1.165) is 10.0 Å². The number of nitrogens with one attached hydrogen (secondary N) is 2. The minimum atomic E-state index is -4.67. The Morgan fingerprint density at radius 2 is 1.06 bits per heavy atom. The minimum Gasteiger partial charge on any atom is -0.369 e. The van der Waals surface area contributed by atoms with Crippen LogP contribution in [0.1, 0.15) is 0 Å². The number of hydrazine groups is 2. The van der Waals surface area contributed by atoms with Crippen molar-refractivity contribution in [3.8, 4) is 0 Å². The van der Waals surface area contributed by atoms with Gasteiger partial charge in [-0.05, 0) is 0 Å². The molecule has 0 saturated heterocycles. The standard InChI is InChI=1S/2C2H8N4.H2O4S/c2*1-6(5)2(3)4;1-5(2,3)4/h2*5H2,1H3,(H3,3,4);(H2,1,2,3,4). The molecule has 0 aromatic rings. The van der Waals surface area contributed by atoms with Crippen LogP contribution in [0, 0.1) is 10.8 Å². The van der Waals surface area contributed by atoms with Gasteiger partial charge < -0.3 is 11.5 Å². The molecule has 12 N–H and O–H groups in total. The molecule has 0 unspecified atom stereocenters. The van der Waals surface area contributed by atoms with Gasteiger partial charge in [0.2, 0.25) is 11.9 Å². The van der Waals surface area contributed by atoms with Gasteiger partial charge in [-0.2, -0.15) is 8.42 Å². The normalized spacial score (nSPS) is 8.82. The molecular weight excluding hydrogens is 256 g/mol. The van der Waals surface area contributed by atoms with Crippen molar-refractivity contribution in [2.45, 2.75) is 0 Å². The Balaban J connectivity index is -0.000000174. The molecule has 0 aliphatic heterocycles. The zero-order valence-corrected chi connectivity index (χ0v) is 10.1. The van der Waals surface area contributed by atoms with Crippen molar-refractivity contribution in [2.75, 3.05) is 14.1 Å². The molecule has 13 heteroatoms. The largest absolute Gasteiger partial charge is 0.394 e. The highest BCUT2D eigenvalue weighted by Crippen LogP contribution is 1.59. The van der Waals surface area contributed by atoms with E-state index in [4.69, 9.17) is 51.5 Å². The van der Waals surface area contributed by atoms with Crippen LogP contribution in [-0.4, -0.2) is 53.6 Å². The fourth-order valence-corrected chi connectivity index (χ4v) is 0. The van der Waals surface area contributed by atoms with E-state index >= 15 is 0 Å². The molecule has 0 aromatic heterocycles. The fraction of sp³-hybridized carbons (Fsp3) is 0.500. The first-order valence-corrected chi connectivity index (χ1v) is 5.03. The summed E-state index contributed by atoms with van der Waals surface area (Å²) >= 11 is 0. The van der Waals surface area contributed by atoms with Crippen molar-refractivity contribution in [2.24, 2.45) is 23.2 Å². The molecule has 0 radical (unpaired) electrons. The Morgan fingerprint density at radius 3 is 1.06 bits per heavy atom. The van der Waals surface area contributed by atoms with Gasteiger partial charge in [0.05, 0.1) is 0 Å². The molecule has 0 aromatic carbocycles. The average Bonchev–Trinajstić information content (AvgIpc) is 2.01. The second-order valence-electron chi connectivity index (χ2n) is 2.44. The summed E-state index contributed by atoms with van der Waals surface area (Å²) < 4.78 is 31.6. The molecule has 0 bridgehead atoms. The summed E-state index contributed by atoms with van der Waals surface area (Å²) in [5, 5.41) is 15.1. The van der Waals surface area contributed by atoms with Gasteiger partial charge in [-0.3, -0.25) is 29.9 Å². The summed E-state index contributed by atoms with van der Waals surface area (Å²) in [6.45, 7) is 0. The third kappa shape index (κ3) is 54.4.